The van der Waals surface area contributed by atoms with Crippen LogP contribution in [0.2, 0.25) is 5.02 Å². The standard InChI is InChI=1S/C28H22ClN5O4/c1-3-33-17(2)25(16-30-33)27-15-24(23-6-4-5-7-26(23)32-27)28(35)31-19-12-20(34(36)37)14-22(13-19)38-21-10-8-18(29)9-11-21/h4-16H,3H2,1-2H3,(H,31,35). The summed E-state index contributed by atoms with van der Waals surface area (Å²) in [5.41, 5.74) is 3.37. The van der Waals surface area contributed by atoms with E-state index in [-0.39, 0.29) is 17.1 Å². The normalized spacial score (nSPS) is 10.9. The Kier molecular flexibility index (Phi) is 6.76. The summed E-state index contributed by atoms with van der Waals surface area (Å²) in [7, 11) is 0. The summed E-state index contributed by atoms with van der Waals surface area (Å²) in [5.74, 6) is 0.197. The lowest BCUT2D eigenvalue weighted by Crippen LogP contribution is -2.13. The second-order valence-electron chi connectivity index (χ2n) is 8.51. The number of benzene rings is 3. The molecule has 0 aliphatic heterocycles. The Bertz CT molecular complexity index is 1680. The van der Waals surface area contributed by atoms with Crippen LogP contribution in [0.3, 0.4) is 0 Å². The summed E-state index contributed by atoms with van der Waals surface area (Å²) in [6.45, 7) is 4.66. The number of amides is 1. The molecule has 2 aromatic heterocycles. The minimum Gasteiger partial charge on any atom is -0.457 e. The van der Waals surface area contributed by atoms with Crippen molar-refractivity contribution in [2.45, 2.75) is 20.4 Å². The first-order chi connectivity index (χ1) is 18.3. The van der Waals surface area contributed by atoms with E-state index in [2.05, 4.69) is 10.4 Å². The Morgan fingerprint density at radius 3 is 2.55 bits per heavy atom. The molecular formula is C28H22ClN5O4. The maximum Gasteiger partial charge on any atom is 0.275 e. The summed E-state index contributed by atoms with van der Waals surface area (Å²) in [6.07, 6.45) is 1.73. The van der Waals surface area contributed by atoms with Crippen LogP contribution in [-0.4, -0.2) is 25.6 Å². The number of carbonyl (C=O) groups excluding carboxylic acids is 1. The van der Waals surface area contributed by atoms with Gasteiger partial charge in [0.15, 0.2) is 0 Å². The van der Waals surface area contributed by atoms with E-state index in [9.17, 15) is 14.9 Å². The lowest BCUT2D eigenvalue weighted by atomic mass is 10.0. The highest BCUT2D eigenvalue weighted by molar-refractivity contribution is 6.30. The van der Waals surface area contributed by atoms with Crippen LogP contribution in [-0.2, 0) is 6.54 Å². The minimum absolute atomic E-state index is 0.194. The van der Waals surface area contributed by atoms with Gasteiger partial charge in [-0.1, -0.05) is 29.8 Å². The quantitative estimate of drug-likeness (QED) is 0.179. The molecule has 10 heteroatoms. The fourth-order valence-electron chi connectivity index (χ4n) is 4.18. The maximum atomic E-state index is 13.6. The van der Waals surface area contributed by atoms with Crippen molar-refractivity contribution in [2.75, 3.05) is 5.32 Å². The van der Waals surface area contributed by atoms with Crippen molar-refractivity contribution in [3.63, 3.8) is 0 Å². The third-order valence-electron chi connectivity index (χ3n) is 6.05. The van der Waals surface area contributed by atoms with E-state index < -0.39 is 10.8 Å². The summed E-state index contributed by atoms with van der Waals surface area (Å²) in [5, 5.41) is 20.0. The van der Waals surface area contributed by atoms with Crippen LogP contribution in [0.4, 0.5) is 11.4 Å². The number of fused-ring (bicyclic) bond motifs is 1. The summed E-state index contributed by atoms with van der Waals surface area (Å²) in [4.78, 5) is 29.4. The molecule has 0 unspecified atom stereocenters. The van der Waals surface area contributed by atoms with E-state index in [0.29, 0.717) is 39.5 Å². The minimum atomic E-state index is -0.543. The fraction of sp³-hybridized carbons (Fsp3) is 0.107. The molecule has 0 atom stereocenters. The number of carbonyl (C=O) groups is 1. The predicted molar refractivity (Wildman–Crippen MR) is 146 cm³/mol. The third kappa shape index (κ3) is 5.05. The van der Waals surface area contributed by atoms with Gasteiger partial charge in [0.2, 0.25) is 0 Å². The number of hydrogen-bond donors (Lipinski definition) is 1. The summed E-state index contributed by atoms with van der Waals surface area (Å²) in [6, 6.07) is 19.7. The highest BCUT2D eigenvalue weighted by Gasteiger charge is 2.19. The van der Waals surface area contributed by atoms with Crippen molar-refractivity contribution in [3.05, 3.63) is 105 Å². The SMILES string of the molecule is CCn1ncc(-c2cc(C(=O)Nc3cc(Oc4ccc(Cl)cc4)cc([N+](=O)[O-])c3)c3ccccc3n2)c1C. The molecule has 1 N–H and O–H groups in total. The first-order valence-electron chi connectivity index (χ1n) is 11.8. The topological polar surface area (TPSA) is 112 Å². The highest BCUT2D eigenvalue weighted by Crippen LogP contribution is 2.32. The van der Waals surface area contributed by atoms with Crippen molar-refractivity contribution in [1.29, 1.82) is 0 Å². The van der Waals surface area contributed by atoms with Gasteiger partial charge in [0, 0.05) is 40.3 Å². The van der Waals surface area contributed by atoms with Crippen LogP contribution in [0, 0.1) is 17.0 Å². The Morgan fingerprint density at radius 2 is 1.84 bits per heavy atom. The van der Waals surface area contributed by atoms with Crippen molar-refractivity contribution < 1.29 is 14.5 Å². The van der Waals surface area contributed by atoms with Gasteiger partial charge in [-0.05, 0) is 50.2 Å². The number of aryl methyl sites for hydroxylation is 1. The molecule has 38 heavy (non-hydrogen) atoms. The predicted octanol–water partition coefficient (Wildman–Crippen LogP) is 7.03. The molecule has 0 radical (unpaired) electrons. The van der Waals surface area contributed by atoms with Gasteiger partial charge in [-0.25, -0.2) is 4.98 Å². The molecule has 190 valence electrons. The molecule has 0 bridgehead atoms. The van der Waals surface area contributed by atoms with E-state index in [0.717, 1.165) is 11.3 Å². The van der Waals surface area contributed by atoms with Gasteiger partial charge in [-0.3, -0.25) is 19.6 Å². The second kappa shape index (κ2) is 10.3. The number of para-hydroxylation sites is 1. The second-order valence-corrected chi connectivity index (χ2v) is 8.95. The average Bonchev–Trinajstić information content (AvgIpc) is 3.29. The highest BCUT2D eigenvalue weighted by atomic mass is 35.5. The lowest BCUT2D eigenvalue weighted by molar-refractivity contribution is -0.384. The molecule has 0 aliphatic carbocycles. The number of nitrogens with one attached hydrogen (secondary N) is 1. The Morgan fingerprint density at radius 1 is 1.08 bits per heavy atom. The monoisotopic (exact) mass is 527 g/mol. The number of non-ortho nitro benzene ring substituents is 1. The van der Waals surface area contributed by atoms with Crippen LogP contribution >= 0.6 is 11.6 Å². The van der Waals surface area contributed by atoms with E-state index in [1.165, 1.54) is 18.2 Å². The van der Waals surface area contributed by atoms with Gasteiger partial charge >= 0.3 is 0 Å². The number of nitrogens with zero attached hydrogens (tertiary/aromatic N) is 4. The van der Waals surface area contributed by atoms with Crippen molar-refractivity contribution in [3.8, 4) is 22.8 Å². The number of hydrogen-bond acceptors (Lipinski definition) is 6. The van der Waals surface area contributed by atoms with Crippen LogP contribution in [0.25, 0.3) is 22.2 Å². The number of ether oxygens (including phenoxy) is 1. The fourth-order valence-corrected chi connectivity index (χ4v) is 4.30. The average molecular weight is 528 g/mol. The largest absolute Gasteiger partial charge is 0.457 e. The molecule has 0 saturated carbocycles. The molecule has 9 nitrogen and oxygen atoms in total. The van der Waals surface area contributed by atoms with E-state index >= 15 is 0 Å². The Labute approximate surface area is 222 Å². The smallest absolute Gasteiger partial charge is 0.275 e. The molecule has 3 aromatic carbocycles. The molecule has 0 fully saturated rings. The molecule has 0 spiro atoms. The number of anilines is 1. The van der Waals surface area contributed by atoms with E-state index in [4.69, 9.17) is 21.3 Å². The first kappa shape index (κ1) is 24.9. The zero-order valence-electron chi connectivity index (χ0n) is 20.5. The number of rotatable bonds is 7. The van der Waals surface area contributed by atoms with Gasteiger partial charge in [-0.15, -0.1) is 0 Å². The van der Waals surface area contributed by atoms with Gasteiger partial charge in [0.25, 0.3) is 11.6 Å². The van der Waals surface area contributed by atoms with E-state index in [1.807, 2.05) is 42.8 Å². The molecule has 5 aromatic rings. The van der Waals surface area contributed by atoms with Gasteiger partial charge in [0.1, 0.15) is 11.5 Å². The number of halogens is 1. The van der Waals surface area contributed by atoms with E-state index in [1.54, 1.807) is 36.5 Å². The van der Waals surface area contributed by atoms with Crippen molar-refractivity contribution in [1.82, 2.24) is 14.8 Å². The number of nitro groups is 1. The van der Waals surface area contributed by atoms with Crippen molar-refractivity contribution >= 4 is 39.8 Å². The molecule has 2 heterocycles. The van der Waals surface area contributed by atoms with Crippen molar-refractivity contribution in [2.24, 2.45) is 0 Å². The lowest BCUT2D eigenvalue weighted by Gasteiger charge is -2.12. The Hall–Kier alpha value is -4.76. The summed E-state index contributed by atoms with van der Waals surface area (Å²) >= 11 is 5.93. The van der Waals surface area contributed by atoms with Crippen LogP contribution in [0.15, 0.2) is 79.0 Å². The molecule has 0 aliphatic rings. The third-order valence-corrected chi connectivity index (χ3v) is 6.30. The maximum absolute atomic E-state index is 13.6. The van der Waals surface area contributed by atoms with Crippen LogP contribution < -0.4 is 10.1 Å². The van der Waals surface area contributed by atoms with Gasteiger partial charge < -0.3 is 10.1 Å². The first-order valence-corrected chi connectivity index (χ1v) is 12.2. The number of nitro benzene ring substituents is 1. The van der Waals surface area contributed by atoms with Gasteiger partial charge in [0.05, 0.1) is 39.6 Å². The molecular weight excluding hydrogens is 506 g/mol. The molecule has 5 rings (SSSR count). The number of aromatic nitrogens is 3. The van der Waals surface area contributed by atoms with Gasteiger partial charge in [-0.2, -0.15) is 5.10 Å². The van der Waals surface area contributed by atoms with Crippen LogP contribution in [0.1, 0.15) is 23.0 Å². The molecule has 1 amide bonds. The zero-order chi connectivity index (χ0) is 26.8. The Balaban J connectivity index is 1.53. The zero-order valence-corrected chi connectivity index (χ0v) is 21.3. The summed E-state index contributed by atoms with van der Waals surface area (Å²) < 4.78 is 7.65. The molecule has 0 saturated heterocycles. The van der Waals surface area contributed by atoms with Crippen LogP contribution in [0.5, 0.6) is 11.5 Å². The number of pyridine rings is 1.